The Hall–Kier alpha value is -0.970. The van der Waals surface area contributed by atoms with Crippen molar-refractivity contribution in [3.63, 3.8) is 0 Å². The van der Waals surface area contributed by atoms with Crippen molar-refractivity contribution in [2.75, 3.05) is 14.2 Å². The van der Waals surface area contributed by atoms with Crippen molar-refractivity contribution in [3.8, 4) is 0 Å². The Kier molecular flexibility index (Phi) is 4.62. The first-order valence-corrected chi connectivity index (χ1v) is 5.45. The van der Waals surface area contributed by atoms with Gasteiger partial charge in [-0.25, -0.2) is 4.39 Å². The van der Waals surface area contributed by atoms with Gasteiger partial charge in [-0.05, 0) is 19.9 Å². The van der Waals surface area contributed by atoms with E-state index < -0.39 is 17.7 Å². The zero-order valence-corrected chi connectivity index (χ0v) is 10.7. The van der Waals surface area contributed by atoms with E-state index in [4.69, 9.17) is 9.47 Å². The molecular formula is C13H19FO3. The Balaban J connectivity index is 2.99. The molecule has 1 aromatic rings. The Bertz CT molecular complexity index is 373. The third kappa shape index (κ3) is 3.49. The molecule has 0 aliphatic carbocycles. The fourth-order valence-corrected chi connectivity index (χ4v) is 1.75. The van der Waals surface area contributed by atoms with Gasteiger partial charge in [0, 0.05) is 26.2 Å². The first-order valence-electron chi connectivity index (χ1n) is 5.45. The minimum absolute atomic E-state index is 0.167. The lowest BCUT2D eigenvalue weighted by atomic mass is 9.90. The van der Waals surface area contributed by atoms with Gasteiger partial charge in [0.2, 0.25) is 0 Å². The van der Waals surface area contributed by atoms with E-state index >= 15 is 0 Å². The van der Waals surface area contributed by atoms with Gasteiger partial charge in [0.05, 0.1) is 5.60 Å². The molecule has 0 aromatic heterocycles. The number of benzene rings is 1. The Morgan fingerprint density at radius 1 is 1.35 bits per heavy atom. The predicted octanol–water partition coefficient (Wildman–Crippen LogP) is 2.35. The lowest BCUT2D eigenvalue weighted by Crippen LogP contribution is -2.30. The van der Waals surface area contributed by atoms with E-state index in [1.807, 2.05) is 6.92 Å². The summed E-state index contributed by atoms with van der Waals surface area (Å²) < 4.78 is 23.7. The molecule has 3 nitrogen and oxygen atoms in total. The molecule has 0 spiro atoms. The zero-order chi connectivity index (χ0) is 13.1. The van der Waals surface area contributed by atoms with E-state index in [2.05, 4.69) is 0 Å². The van der Waals surface area contributed by atoms with Crippen LogP contribution in [0.2, 0.25) is 0 Å². The molecule has 0 bridgehead atoms. The molecule has 1 atom stereocenters. The smallest absolute Gasteiger partial charge is 0.159 e. The van der Waals surface area contributed by atoms with Crippen molar-refractivity contribution in [3.05, 3.63) is 35.1 Å². The van der Waals surface area contributed by atoms with Crippen LogP contribution in [0.3, 0.4) is 0 Å². The Morgan fingerprint density at radius 3 is 2.47 bits per heavy atom. The second-order valence-corrected chi connectivity index (χ2v) is 4.36. The normalized spacial score (nSPS) is 15.0. The molecule has 0 amide bonds. The molecule has 1 unspecified atom stereocenters. The summed E-state index contributed by atoms with van der Waals surface area (Å²) in [5.74, 6) is -0.424. The van der Waals surface area contributed by atoms with Crippen LogP contribution < -0.4 is 0 Å². The molecule has 0 fully saturated rings. The molecule has 1 aromatic carbocycles. The maximum atomic E-state index is 13.7. The van der Waals surface area contributed by atoms with E-state index in [-0.39, 0.29) is 12.0 Å². The highest BCUT2D eigenvalue weighted by molar-refractivity contribution is 5.28. The summed E-state index contributed by atoms with van der Waals surface area (Å²) in [6.07, 6.45) is -0.398. The molecule has 1 N–H and O–H groups in total. The second kappa shape index (κ2) is 5.58. The molecule has 0 saturated heterocycles. The lowest BCUT2D eigenvalue weighted by molar-refractivity contribution is -0.142. The molecule has 1 rings (SSSR count). The number of ether oxygens (including phenoxy) is 2. The predicted molar refractivity (Wildman–Crippen MR) is 63.1 cm³/mol. The van der Waals surface area contributed by atoms with Crippen LogP contribution in [0.5, 0.6) is 0 Å². The molecular weight excluding hydrogens is 223 g/mol. The van der Waals surface area contributed by atoms with Crippen molar-refractivity contribution in [2.45, 2.75) is 32.2 Å². The van der Waals surface area contributed by atoms with Gasteiger partial charge in [-0.1, -0.05) is 17.7 Å². The highest BCUT2D eigenvalue weighted by atomic mass is 19.1. The number of rotatable bonds is 5. The number of hydrogen-bond donors (Lipinski definition) is 1. The summed E-state index contributed by atoms with van der Waals surface area (Å²) in [5, 5.41) is 10.3. The van der Waals surface area contributed by atoms with Crippen LogP contribution in [0.4, 0.5) is 4.39 Å². The summed E-state index contributed by atoms with van der Waals surface area (Å²) in [5.41, 5.74) is -0.170. The number of aliphatic hydroxyl groups is 1. The van der Waals surface area contributed by atoms with E-state index in [1.165, 1.54) is 20.3 Å². The molecule has 0 heterocycles. The largest absolute Gasteiger partial charge is 0.385 e. The first-order chi connectivity index (χ1) is 7.90. The van der Waals surface area contributed by atoms with E-state index in [0.717, 1.165) is 5.56 Å². The first kappa shape index (κ1) is 14.1. The number of aryl methyl sites for hydroxylation is 1. The SMILES string of the molecule is COC(CC(C)(O)c1cc(C)ccc1F)OC. The highest BCUT2D eigenvalue weighted by Gasteiger charge is 2.30. The standard InChI is InChI=1S/C13H19FO3/c1-9-5-6-11(14)10(7-9)13(2,15)8-12(16-3)17-4/h5-7,12,15H,8H2,1-4H3. The third-order valence-electron chi connectivity index (χ3n) is 2.79. The average molecular weight is 242 g/mol. The maximum Gasteiger partial charge on any atom is 0.159 e. The van der Waals surface area contributed by atoms with E-state index in [0.29, 0.717) is 0 Å². The molecule has 4 heteroatoms. The highest BCUT2D eigenvalue weighted by Crippen LogP contribution is 2.29. The number of hydrogen-bond acceptors (Lipinski definition) is 3. The van der Waals surface area contributed by atoms with Crippen molar-refractivity contribution >= 4 is 0 Å². The molecule has 0 aliphatic heterocycles. The van der Waals surface area contributed by atoms with Gasteiger partial charge in [0.15, 0.2) is 6.29 Å². The minimum atomic E-state index is -1.33. The molecule has 96 valence electrons. The molecule has 0 radical (unpaired) electrons. The van der Waals surface area contributed by atoms with Crippen LogP contribution in [0.1, 0.15) is 24.5 Å². The van der Waals surface area contributed by atoms with E-state index in [9.17, 15) is 9.50 Å². The molecule has 17 heavy (non-hydrogen) atoms. The quantitative estimate of drug-likeness (QED) is 0.805. The summed E-state index contributed by atoms with van der Waals surface area (Å²) in [4.78, 5) is 0. The Morgan fingerprint density at radius 2 is 1.94 bits per heavy atom. The average Bonchev–Trinajstić information content (AvgIpc) is 2.29. The second-order valence-electron chi connectivity index (χ2n) is 4.36. The fraction of sp³-hybridized carbons (Fsp3) is 0.538. The van der Waals surface area contributed by atoms with Gasteiger partial charge in [-0.15, -0.1) is 0 Å². The molecule has 0 saturated carbocycles. The summed E-state index contributed by atoms with van der Waals surface area (Å²) in [6.45, 7) is 3.40. The number of halogens is 1. The zero-order valence-electron chi connectivity index (χ0n) is 10.7. The van der Waals surface area contributed by atoms with Gasteiger partial charge in [-0.3, -0.25) is 0 Å². The van der Waals surface area contributed by atoms with Crippen molar-refractivity contribution in [1.29, 1.82) is 0 Å². The van der Waals surface area contributed by atoms with Gasteiger partial charge in [-0.2, -0.15) is 0 Å². The van der Waals surface area contributed by atoms with Crippen LogP contribution in [0, 0.1) is 12.7 Å². The van der Waals surface area contributed by atoms with Crippen molar-refractivity contribution in [2.24, 2.45) is 0 Å². The van der Waals surface area contributed by atoms with Gasteiger partial charge < -0.3 is 14.6 Å². The topological polar surface area (TPSA) is 38.7 Å². The van der Waals surface area contributed by atoms with E-state index in [1.54, 1.807) is 19.1 Å². The number of methoxy groups -OCH3 is 2. The third-order valence-corrected chi connectivity index (χ3v) is 2.79. The minimum Gasteiger partial charge on any atom is -0.385 e. The lowest BCUT2D eigenvalue weighted by Gasteiger charge is -2.28. The summed E-state index contributed by atoms with van der Waals surface area (Å²) >= 11 is 0. The van der Waals surface area contributed by atoms with Crippen LogP contribution >= 0.6 is 0 Å². The summed E-state index contributed by atoms with van der Waals surface area (Å²) in [7, 11) is 2.97. The van der Waals surface area contributed by atoms with Gasteiger partial charge >= 0.3 is 0 Å². The van der Waals surface area contributed by atoms with Crippen LogP contribution in [0.15, 0.2) is 18.2 Å². The van der Waals surface area contributed by atoms with Crippen LogP contribution in [-0.4, -0.2) is 25.6 Å². The fourth-order valence-electron chi connectivity index (χ4n) is 1.75. The van der Waals surface area contributed by atoms with Crippen LogP contribution in [-0.2, 0) is 15.1 Å². The van der Waals surface area contributed by atoms with Crippen LogP contribution in [0.25, 0.3) is 0 Å². The monoisotopic (exact) mass is 242 g/mol. The van der Waals surface area contributed by atoms with Crippen molar-refractivity contribution < 1.29 is 19.0 Å². The van der Waals surface area contributed by atoms with Gasteiger partial charge in [0.25, 0.3) is 0 Å². The molecule has 0 aliphatic rings. The van der Waals surface area contributed by atoms with Gasteiger partial charge in [0.1, 0.15) is 5.82 Å². The van der Waals surface area contributed by atoms with Crippen molar-refractivity contribution in [1.82, 2.24) is 0 Å². The summed E-state index contributed by atoms with van der Waals surface area (Å²) in [6, 6.07) is 4.66. The maximum absolute atomic E-state index is 13.7. The Labute approximate surface area is 101 Å².